The number of amides is 1. The number of ether oxygens (including phenoxy) is 2. The number of fused-ring (bicyclic) bond motifs is 1. The normalized spacial score (nSPS) is 17.8. The molecule has 2 aliphatic heterocycles. The van der Waals surface area contributed by atoms with Crippen LogP contribution in [0.4, 0.5) is 0 Å². The molecule has 5 heteroatoms. The summed E-state index contributed by atoms with van der Waals surface area (Å²) in [6.45, 7) is 3.56. The van der Waals surface area contributed by atoms with Gasteiger partial charge in [0.2, 0.25) is 5.91 Å². The van der Waals surface area contributed by atoms with Gasteiger partial charge in [0.1, 0.15) is 17.1 Å². The molecule has 28 heavy (non-hydrogen) atoms. The summed E-state index contributed by atoms with van der Waals surface area (Å²) in [6.07, 6.45) is 2.10. The molecule has 2 aromatic carbocycles. The first-order valence-electron chi connectivity index (χ1n) is 9.83. The van der Waals surface area contributed by atoms with Gasteiger partial charge in [-0.15, -0.1) is 0 Å². The summed E-state index contributed by atoms with van der Waals surface area (Å²) in [7, 11) is 0. The first-order chi connectivity index (χ1) is 13.5. The zero-order chi connectivity index (χ0) is 19.6. The number of rotatable bonds is 4. The van der Waals surface area contributed by atoms with E-state index in [4.69, 9.17) is 9.47 Å². The monoisotopic (exact) mass is 379 g/mol. The van der Waals surface area contributed by atoms with Gasteiger partial charge in [-0.25, -0.2) is 0 Å². The third-order valence-electron chi connectivity index (χ3n) is 5.60. The number of piperidine rings is 1. The lowest BCUT2D eigenvalue weighted by atomic mass is 9.82. The first-order valence-corrected chi connectivity index (χ1v) is 9.83. The van der Waals surface area contributed by atoms with Crippen LogP contribution >= 0.6 is 0 Å². The molecule has 0 aromatic heterocycles. The largest absolute Gasteiger partial charge is 0.493 e. The number of benzene rings is 2. The molecule has 2 aromatic rings. The molecule has 2 aliphatic rings. The lowest BCUT2D eigenvalue weighted by Crippen LogP contribution is -2.52. The fourth-order valence-corrected chi connectivity index (χ4v) is 3.98. The van der Waals surface area contributed by atoms with Gasteiger partial charge in [-0.1, -0.05) is 29.8 Å². The van der Waals surface area contributed by atoms with Crippen molar-refractivity contribution >= 4 is 11.7 Å². The second-order valence-corrected chi connectivity index (χ2v) is 7.68. The van der Waals surface area contributed by atoms with Gasteiger partial charge in [-0.2, -0.15) is 0 Å². The van der Waals surface area contributed by atoms with Gasteiger partial charge >= 0.3 is 0 Å². The van der Waals surface area contributed by atoms with Crippen LogP contribution in [-0.4, -0.2) is 41.9 Å². The van der Waals surface area contributed by atoms with Crippen LogP contribution in [0.1, 0.15) is 41.6 Å². The van der Waals surface area contributed by atoms with Crippen molar-refractivity contribution in [3.63, 3.8) is 0 Å². The molecule has 4 rings (SSSR count). The van der Waals surface area contributed by atoms with E-state index in [-0.39, 0.29) is 11.7 Å². The van der Waals surface area contributed by atoms with Crippen LogP contribution in [0.3, 0.4) is 0 Å². The fraction of sp³-hybridized carbons (Fsp3) is 0.391. The van der Waals surface area contributed by atoms with E-state index >= 15 is 0 Å². The highest BCUT2D eigenvalue weighted by Gasteiger charge is 2.43. The van der Waals surface area contributed by atoms with Gasteiger partial charge in [-0.05, 0) is 31.2 Å². The minimum absolute atomic E-state index is 0.0870. The zero-order valence-corrected chi connectivity index (χ0v) is 16.1. The number of ketones is 1. The summed E-state index contributed by atoms with van der Waals surface area (Å²) < 4.78 is 11.9. The van der Waals surface area contributed by atoms with Crippen LogP contribution in [0.25, 0.3) is 0 Å². The van der Waals surface area contributed by atoms with E-state index in [1.807, 2.05) is 60.4 Å². The summed E-state index contributed by atoms with van der Waals surface area (Å²) >= 11 is 0. The van der Waals surface area contributed by atoms with Crippen molar-refractivity contribution in [2.75, 3.05) is 19.7 Å². The summed E-state index contributed by atoms with van der Waals surface area (Å²) in [5.74, 6) is 1.68. The Morgan fingerprint density at radius 2 is 1.89 bits per heavy atom. The van der Waals surface area contributed by atoms with E-state index in [2.05, 4.69) is 0 Å². The Balaban J connectivity index is 1.31. The summed E-state index contributed by atoms with van der Waals surface area (Å²) in [5.41, 5.74) is 1.27. The van der Waals surface area contributed by atoms with E-state index in [1.54, 1.807) is 0 Å². The molecule has 0 N–H and O–H groups in total. The Labute approximate surface area is 165 Å². The maximum absolute atomic E-state index is 12.6. The molecule has 1 spiro atoms. The van der Waals surface area contributed by atoms with Crippen LogP contribution in [0, 0.1) is 6.92 Å². The van der Waals surface area contributed by atoms with E-state index in [0.717, 1.165) is 11.3 Å². The quantitative estimate of drug-likeness (QED) is 0.811. The Bertz CT molecular complexity index is 869. The number of aryl methyl sites for hydroxylation is 1. The Kier molecular flexibility index (Phi) is 5.07. The predicted octanol–water partition coefficient (Wildman–Crippen LogP) is 3.79. The molecule has 1 fully saturated rings. The lowest BCUT2D eigenvalue weighted by Gasteiger charge is -2.44. The number of Topliss-reactive ketones (excluding diaryl/α,β-unsaturated/α-hetero) is 1. The standard InChI is InChI=1S/C23H25NO4/c1-17-7-8-21-19(15-17)20(25)16-23(28-21)10-12-24(13-11-23)22(26)9-14-27-18-5-3-2-4-6-18/h2-8,15H,9-14,16H2,1H3. The molecule has 5 nitrogen and oxygen atoms in total. The van der Waals surface area contributed by atoms with Crippen molar-refractivity contribution in [3.8, 4) is 11.5 Å². The van der Waals surface area contributed by atoms with Crippen LogP contribution in [0.2, 0.25) is 0 Å². The maximum atomic E-state index is 12.6. The molecule has 2 heterocycles. The van der Waals surface area contributed by atoms with Gasteiger partial charge < -0.3 is 14.4 Å². The minimum atomic E-state index is -0.476. The van der Waals surface area contributed by atoms with Gasteiger partial charge in [0.15, 0.2) is 5.78 Å². The summed E-state index contributed by atoms with van der Waals surface area (Å²) in [4.78, 5) is 27.0. The molecular formula is C23H25NO4. The molecule has 0 bridgehead atoms. The minimum Gasteiger partial charge on any atom is -0.493 e. The van der Waals surface area contributed by atoms with Crippen molar-refractivity contribution in [1.29, 1.82) is 0 Å². The first kappa shape index (κ1) is 18.5. The van der Waals surface area contributed by atoms with E-state index in [0.29, 0.717) is 56.7 Å². The van der Waals surface area contributed by atoms with Crippen molar-refractivity contribution < 1.29 is 19.1 Å². The Morgan fingerprint density at radius 1 is 1.14 bits per heavy atom. The molecule has 0 radical (unpaired) electrons. The molecular weight excluding hydrogens is 354 g/mol. The maximum Gasteiger partial charge on any atom is 0.226 e. The number of hydrogen-bond donors (Lipinski definition) is 0. The Hall–Kier alpha value is -2.82. The third-order valence-corrected chi connectivity index (χ3v) is 5.60. The number of hydrogen-bond acceptors (Lipinski definition) is 4. The van der Waals surface area contributed by atoms with Gasteiger partial charge in [0.05, 0.1) is 25.0 Å². The van der Waals surface area contributed by atoms with Crippen LogP contribution in [0.5, 0.6) is 11.5 Å². The number of nitrogens with zero attached hydrogens (tertiary/aromatic N) is 1. The molecule has 0 saturated carbocycles. The number of likely N-dealkylation sites (tertiary alicyclic amines) is 1. The number of para-hydroxylation sites is 1. The fourth-order valence-electron chi connectivity index (χ4n) is 3.98. The highest BCUT2D eigenvalue weighted by molar-refractivity contribution is 6.00. The number of carbonyl (C=O) groups excluding carboxylic acids is 2. The average molecular weight is 379 g/mol. The van der Waals surface area contributed by atoms with Gasteiger partial charge in [0, 0.05) is 25.9 Å². The van der Waals surface area contributed by atoms with Gasteiger partial charge in [0.25, 0.3) is 0 Å². The SMILES string of the molecule is Cc1ccc2c(c1)C(=O)CC1(CCN(C(=O)CCOc3ccccc3)CC1)O2. The van der Waals surface area contributed by atoms with Crippen molar-refractivity contribution in [2.45, 2.75) is 38.2 Å². The third kappa shape index (κ3) is 3.88. The molecule has 0 aliphatic carbocycles. The Morgan fingerprint density at radius 3 is 2.64 bits per heavy atom. The van der Waals surface area contributed by atoms with E-state index in [9.17, 15) is 9.59 Å². The zero-order valence-electron chi connectivity index (χ0n) is 16.1. The van der Waals surface area contributed by atoms with Crippen molar-refractivity contribution in [2.24, 2.45) is 0 Å². The lowest BCUT2D eigenvalue weighted by molar-refractivity contribution is -0.135. The molecule has 1 amide bonds. The van der Waals surface area contributed by atoms with Crippen LogP contribution in [0.15, 0.2) is 48.5 Å². The molecule has 146 valence electrons. The van der Waals surface area contributed by atoms with E-state index < -0.39 is 5.60 Å². The van der Waals surface area contributed by atoms with Crippen molar-refractivity contribution in [3.05, 3.63) is 59.7 Å². The molecule has 1 saturated heterocycles. The summed E-state index contributed by atoms with van der Waals surface area (Å²) in [5, 5.41) is 0. The van der Waals surface area contributed by atoms with Crippen molar-refractivity contribution in [1.82, 2.24) is 4.90 Å². The topological polar surface area (TPSA) is 55.8 Å². The molecule has 0 unspecified atom stereocenters. The van der Waals surface area contributed by atoms with Crippen LogP contribution in [-0.2, 0) is 4.79 Å². The van der Waals surface area contributed by atoms with Crippen LogP contribution < -0.4 is 9.47 Å². The number of carbonyl (C=O) groups is 2. The predicted molar refractivity (Wildman–Crippen MR) is 106 cm³/mol. The summed E-state index contributed by atoms with van der Waals surface area (Å²) in [6, 6.07) is 15.3. The highest BCUT2D eigenvalue weighted by Crippen LogP contribution is 2.39. The van der Waals surface area contributed by atoms with E-state index in [1.165, 1.54) is 0 Å². The molecule has 0 atom stereocenters. The second-order valence-electron chi connectivity index (χ2n) is 7.68. The van der Waals surface area contributed by atoms with Gasteiger partial charge in [-0.3, -0.25) is 9.59 Å². The second kappa shape index (κ2) is 7.66. The average Bonchev–Trinajstić information content (AvgIpc) is 2.70. The smallest absolute Gasteiger partial charge is 0.226 e. The highest BCUT2D eigenvalue weighted by atomic mass is 16.5.